The van der Waals surface area contributed by atoms with E-state index in [1.165, 1.54) is 0 Å². The lowest BCUT2D eigenvalue weighted by atomic mass is 10.1. The van der Waals surface area contributed by atoms with Crippen molar-refractivity contribution in [3.05, 3.63) is 107 Å². The molecule has 5 rings (SSSR count). The number of H-pyrrole nitrogens is 1. The lowest BCUT2D eigenvalue weighted by Gasteiger charge is -2.12. The van der Waals surface area contributed by atoms with Crippen LogP contribution < -0.4 is 10.1 Å². The number of thioether (sulfide) groups is 1. The Bertz CT molecular complexity index is 1220. The Kier molecular flexibility index (Phi) is 4.99. The van der Waals surface area contributed by atoms with Gasteiger partial charge in [0.1, 0.15) is 17.7 Å². The van der Waals surface area contributed by atoms with Gasteiger partial charge in [0.25, 0.3) is 0 Å². The van der Waals surface area contributed by atoms with E-state index in [0.29, 0.717) is 17.9 Å². The van der Waals surface area contributed by atoms with Gasteiger partial charge in [0.2, 0.25) is 5.78 Å². The van der Waals surface area contributed by atoms with Gasteiger partial charge in [0.15, 0.2) is 0 Å². The number of rotatable bonds is 6. The topological polar surface area (TPSA) is 67.0 Å². The molecule has 0 amide bonds. The summed E-state index contributed by atoms with van der Waals surface area (Å²) in [5.41, 5.74) is 4.27. The summed E-state index contributed by atoms with van der Waals surface area (Å²) in [4.78, 5) is 20.4. The van der Waals surface area contributed by atoms with Crippen LogP contribution in [0.1, 0.15) is 26.9 Å². The van der Waals surface area contributed by atoms with E-state index in [2.05, 4.69) is 15.3 Å². The quantitative estimate of drug-likeness (QED) is 0.425. The molecule has 0 aliphatic carbocycles. The monoisotopic (exact) mass is 413 g/mol. The standard InChI is InChI=1S/C24H19N3O2S/c28-23(22-15-30-24(27-22)17-7-4-10-25-12-17)20-13-26-21-11-18(8-9-19(20)21)29-14-16-5-2-1-3-6-16/h1-13,15,24,26-27H,14H2. The highest BCUT2D eigenvalue weighted by Crippen LogP contribution is 2.35. The maximum Gasteiger partial charge on any atom is 0.211 e. The number of carbonyl (C=O) groups excluding carboxylic acids is 1. The number of aromatic nitrogens is 2. The van der Waals surface area contributed by atoms with Crippen LogP contribution in [-0.4, -0.2) is 15.8 Å². The zero-order valence-corrected chi connectivity index (χ0v) is 16.9. The van der Waals surface area contributed by atoms with Crippen LogP contribution in [-0.2, 0) is 6.61 Å². The minimum Gasteiger partial charge on any atom is -0.489 e. The fraction of sp³-hybridized carbons (Fsp3) is 0.0833. The fourth-order valence-electron chi connectivity index (χ4n) is 3.43. The van der Waals surface area contributed by atoms with Crippen LogP contribution in [0.5, 0.6) is 5.75 Å². The van der Waals surface area contributed by atoms with E-state index >= 15 is 0 Å². The number of nitrogens with one attached hydrogen (secondary N) is 2. The number of aromatic amines is 1. The van der Waals surface area contributed by atoms with Gasteiger partial charge in [-0.25, -0.2) is 0 Å². The molecule has 2 N–H and O–H groups in total. The van der Waals surface area contributed by atoms with Gasteiger partial charge in [-0.1, -0.05) is 36.4 Å². The number of ketones is 1. The Balaban J connectivity index is 1.31. The molecule has 0 bridgehead atoms. The number of hydrogen-bond acceptors (Lipinski definition) is 5. The molecule has 0 radical (unpaired) electrons. The van der Waals surface area contributed by atoms with Crippen molar-refractivity contribution in [2.75, 3.05) is 0 Å². The first kappa shape index (κ1) is 18.5. The molecule has 2 aromatic carbocycles. The van der Waals surface area contributed by atoms with Gasteiger partial charge in [-0.15, -0.1) is 11.8 Å². The zero-order valence-electron chi connectivity index (χ0n) is 16.0. The molecule has 0 spiro atoms. The van der Waals surface area contributed by atoms with Crippen LogP contribution in [0.4, 0.5) is 0 Å². The maximum atomic E-state index is 13.1. The van der Waals surface area contributed by atoms with Gasteiger partial charge >= 0.3 is 0 Å². The number of hydrogen-bond donors (Lipinski definition) is 2. The molecule has 6 heteroatoms. The van der Waals surface area contributed by atoms with Gasteiger partial charge in [-0.3, -0.25) is 9.78 Å². The summed E-state index contributed by atoms with van der Waals surface area (Å²) in [6, 6.07) is 19.7. The van der Waals surface area contributed by atoms with Crippen LogP contribution in [0, 0.1) is 0 Å². The molecule has 0 fully saturated rings. The van der Waals surface area contributed by atoms with Crippen molar-refractivity contribution < 1.29 is 9.53 Å². The summed E-state index contributed by atoms with van der Waals surface area (Å²) >= 11 is 1.58. The average molecular weight is 414 g/mol. The highest BCUT2D eigenvalue weighted by molar-refractivity contribution is 8.02. The van der Waals surface area contributed by atoms with E-state index in [1.807, 2.05) is 72.3 Å². The molecule has 5 nitrogen and oxygen atoms in total. The van der Waals surface area contributed by atoms with Gasteiger partial charge in [-0.2, -0.15) is 0 Å². The molecule has 1 aliphatic rings. The van der Waals surface area contributed by atoms with Crippen molar-refractivity contribution in [3.8, 4) is 5.75 Å². The molecular weight excluding hydrogens is 394 g/mol. The molecule has 1 unspecified atom stereocenters. The number of Topliss-reactive ketones (excluding diaryl/α,β-unsaturated/α-hetero) is 1. The Labute approximate surface area is 178 Å². The predicted octanol–water partition coefficient (Wildman–Crippen LogP) is 5.20. The van der Waals surface area contributed by atoms with Crippen molar-refractivity contribution >= 4 is 28.4 Å². The van der Waals surface area contributed by atoms with Crippen LogP contribution in [0.25, 0.3) is 10.9 Å². The Hall–Kier alpha value is -3.51. The summed E-state index contributed by atoms with van der Waals surface area (Å²) in [6.07, 6.45) is 5.32. The van der Waals surface area contributed by atoms with E-state index < -0.39 is 0 Å². The number of ether oxygens (including phenoxy) is 1. The number of fused-ring (bicyclic) bond motifs is 1. The number of allylic oxidation sites excluding steroid dienone is 1. The lowest BCUT2D eigenvalue weighted by Crippen LogP contribution is -2.19. The highest BCUT2D eigenvalue weighted by atomic mass is 32.2. The van der Waals surface area contributed by atoms with E-state index in [-0.39, 0.29) is 11.2 Å². The molecule has 1 aliphatic heterocycles. The summed E-state index contributed by atoms with van der Waals surface area (Å²) in [5.74, 6) is 0.732. The fourth-order valence-corrected chi connectivity index (χ4v) is 4.37. The maximum absolute atomic E-state index is 13.1. The molecule has 3 heterocycles. The SMILES string of the molecule is O=C(C1=CSC(c2cccnc2)N1)c1c[nH]c2cc(OCc3ccccc3)ccc12. The normalized spacial score (nSPS) is 15.6. The molecule has 2 aromatic heterocycles. The summed E-state index contributed by atoms with van der Waals surface area (Å²) < 4.78 is 5.89. The summed E-state index contributed by atoms with van der Waals surface area (Å²) in [7, 11) is 0. The van der Waals surface area contributed by atoms with Crippen molar-refractivity contribution in [1.29, 1.82) is 0 Å². The molecule has 30 heavy (non-hydrogen) atoms. The van der Waals surface area contributed by atoms with E-state index in [9.17, 15) is 4.79 Å². The van der Waals surface area contributed by atoms with Gasteiger partial charge in [0.05, 0.1) is 5.70 Å². The van der Waals surface area contributed by atoms with E-state index in [1.54, 1.807) is 24.2 Å². The van der Waals surface area contributed by atoms with Crippen molar-refractivity contribution in [1.82, 2.24) is 15.3 Å². The van der Waals surface area contributed by atoms with E-state index in [0.717, 1.165) is 27.8 Å². The van der Waals surface area contributed by atoms with Crippen molar-refractivity contribution in [2.45, 2.75) is 12.0 Å². The molecule has 148 valence electrons. The van der Waals surface area contributed by atoms with Crippen LogP contribution >= 0.6 is 11.8 Å². The Morgan fingerprint density at radius 1 is 1.10 bits per heavy atom. The Morgan fingerprint density at radius 2 is 2.00 bits per heavy atom. The molecule has 4 aromatic rings. The van der Waals surface area contributed by atoms with Crippen molar-refractivity contribution in [2.24, 2.45) is 0 Å². The first-order valence-corrected chi connectivity index (χ1v) is 10.6. The van der Waals surface area contributed by atoms with Gasteiger partial charge < -0.3 is 15.0 Å². The van der Waals surface area contributed by atoms with Crippen LogP contribution in [0.15, 0.2) is 90.4 Å². The number of nitrogens with zero attached hydrogens (tertiary/aromatic N) is 1. The summed E-state index contributed by atoms with van der Waals surface area (Å²) in [5, 5.41) is 6.07. The zero-order chi connectivity index (χ0) is 20.3. The minimum absolute atomic E-state index is 0.000783. The second-order valence-electron chi connectivity index (χ2n) is 6.99. The highest BCUT2D eigenvalue weighted by Gasteiger charge is 2.25. The van der Waals surface area contributed by atoms with E-state index in [4.69, 9.17) is 4.74 Å². The molecular formula is C24H19N3O2S. The van der Waals surface area contributed by atoms with Gasteiger partial charge in [0, 0.05) is 52.1 Å². The molecule has 1 atom stereocenters. The second kappa shape index (κ2) is 8.08. The van der Waals surface area contributed by atoms with Crippen LogP contribution in [0.3, 0.4) is 0 Å². The third-order valence-electron chi connectivity index (χ3n) is 4.99. The third kappa shape index (κ3) is 3.69. The Morgan fingerprint density at radius 3 is 2.83 bits per heavy atom. The number of benzene rings is 2. The lowest BCUT2D eigenvalue weighted by molar-refractivity contribution is 0.102. The van der Waals surface area contributed by atoms with Crippen molar-refractivity contribution in [3.63, 3.8) is 0 Å². The summed E-state index contributed by atoms with van der Waals surface area (Å²) in [6.45, 7) is 0.503. The first-order valence-electron chi connectivity index (χ1n) is 9.62. The second-order valence-corrected chi connectivity index (χ2v) is 7.97. The smallest absolute Gasteiger partial charge is 0.211 e. The minimum atomic E-state index is -0.0295. The number of pyridine rings is 1. The first-order chi connectivity index (χ1) is 14.8. The predicted molar refractivity (Wildman–Crippen MR) is 119 cm³/mol. The third-order valence-corrected chi connectivity index (χ3v) is 6.02. The molecule has 0 saturated carbocycles. The average Bonchev–Trinajstić information content (AvgIpc) is 3.46. The van der Waals surface area contributed by atoms with Gasteiger partial charge in [-0.05, 0) is 23.8 Å². The number of carbonyl (C=O) groups is 1. The van der Waals surface area contributed by atoms with Crippen LogP contribution in [0.2, 0.25) is 0 Å². The largest absolute Gasteiger partial charge is 0.489 e. The molecule has 0 saturated heterocycles.